The Morgan fingerprint density at radius 1 is 1.19 bits per heavy atom. The minimum absolute atomic E-state index is 0.232. The van der Waals surface area contributed by atoms with Gasteiger partial charge in [-0.05, 0) is 37.5 Å². The average Bonchev–Trinajstić information content (AvgIpc) is 3.39. The van der Waals surface area contributed by atoms with E-state index < -0.39 is 17.7 Å². The van der Waals surface area contributed by atoms with Crippen LogP contribution in [0.5, 0.6) is 0 Å². The molecule has 26 heavy (non-hydrogen) atoms. The molecule has 3 rings (SSSR count). The van der Waals surface area contributed by atoms with Crippen molar-refractivity contribution < 1.29 is 22.4 Å². The van der Waals surface area contributed by atoms with Gasteiger partial charge < -0.3 is 4.90 Å². The lowest BCUT2D eigenvalue weighted by Crippen LogP contribution is -2.48. The number of rotatable bonds is 6. The Hall–Kier alpha value is -1.28. The van der Waals surface area contributed by atoms with Crippen molar-refractivity contribution in [2.45, 2.75) is 30.8 Å². The number of benzene rings is 1. The highest BCUT2D eigenvalue weighted by molar-refractivity contribution is 7.99. The molecule has 1 aromatic rings. The van der Waals surface area contributed by atoms with Crippen molar-refractivity contribution in [3.05, 3.63) is 23.5 Å². The number of Topliss-reactive ketones (excluding diaryl/α,β-unsaturated/α-hetero) is 1. The molecule has 0 unspecified atom stereocenters. The van der Waals surface area contributed by atoms with E-state index in [0.29, 0.717) is 60.6 Å². The molecule has 0 spiro atoms. The Labute approximate surface area is 154 Å². The van der Waals surface area contributed by atoms with Crippen LogP contribution in [0.2, 0.25) is 0 Å². The SMILES string of the molecule is Cc1cc(F)c(N2CCN(CC(=O)C3CC3)CC2)cc1SCC(F)(F)F. The highest BCUT2D eigenvalue weighted by Gasteiger charge is 2.31. The van der Waals surface area contributed by atoms with Crippen molar-refractivity contribution >= 4 is 23.2 Å². The Balaban J connectivity index is 1.62. The molecule has 0 aromatic heterocycles. The summed E-state index contributed by atoms with van der Waals surface area (Å²) in [6, 6.07) is 2.82. The van der Waals surface area contributed by atoms with E-state index in [1.165, 1.54) is 12.1 Å². The molecule has 1 saturated heterocycles. The largest absolute Gasteiger partial charge is 0.398 e. The van der Waals surface area contributed by atoms with Gasteiger partial charge in [-0.25, -0.2) is 4.39 Å². The van der Waals surface area contributed by atoms with Crippen LogP contribution in [-0.2, 0) is 4.79 Å². The second-order valence-electron chi connectivity index (χ2n) is 6.98. The van der Waals surface area contributed by atoms with Gasteiger partial charge in [-0.3, -0.25) is 9.69 Å². The highest BCUT2D eigenvalue weighted by Crippen LogP contribution is 2.34. The van der Waals surface area contributed by atoms with Gasteiger partial charge in [0.2, 0.25) is 0 Å². The zero-order valence-corrected chi connectivity index (χ0v) is 15.4. The molecular formula is C18H22F4N2OS. The van der Waals surface area contributed by atoms with Gasteiger partial charge in [0.1, 0.15) is 11.6 Å². The number of ketones is 1. The molecule has 0 N–H and O–H groups in total. The number of halogens is 4. The lowest BCUT2D eigenvalue weighted by atomic mass is 10.1. The Morgan fingerprint density at radius 2 is 1.85 bits per heavy atom. The van der Waals surface area contributed by atoms with Crippen molar-refractivity contribution in [3.8, 4) is 0 Å². The third-order valence-corrected chi connectivity index (χ3v) is 5.98. The summed E-state index contributed by atoms with van der Waals surface area (Å²) in [4.78, 5) is 16.3. The van der Waals surface area contributed by atoms with Crippen LogP contribution >= 0.6 is 11.8 Å². The molecule has 1 aliphatic carbocycles. The van der Waals surface area contributed by atoms with E-state index in [1.54, 1.807) is 6.92 Å². The normalized spacial score (nSPS) is 19.0. The summed E-state index contributed by atoms with van der Waals surface area (Å²) in [5.74, 6) is -0.890. The van der Waals surface area contributed by atoms with Crippen molar-refractivity contribution in [2.75, 3.05) is 43.4 Å². The van der Waals surface area contributed by atoms with Gasteiger partial charge in [0.25, 0.3) is 0 Å². The number of nitrogens with zero attached hydrogens (tertiary/aromatic N) is 2. The van der Waals surface area contributed by atoms with E-state index in [2.05, 4.69) is 4.90 Å². The summed E-state index contributed by atoms with van der Waals surface area (Å²) in [6.07, 6.45) is -2.27. The van der Waals surface area contributed by atoms with Crippen molar-refractivity contribution in [1.82, 2.24) is 4.90 Å². The molecular weight excluding hydrogens is 368 g/mol. The monoisotopic (exact) mass is 390 g/mol. The highest BCUT2D eigenvalue weighted by atomic mass is 32.2. The van der Waals surface area contributed by atoms with Gasteiger partial charge in [0.15, 0.2) is 0 Å². The number of alkyl halides is 3. The summed E-state index contributed by atoms with van der Waals surface area (Å²) in [6.45, 7) is 4.48. The second-order valence-corrected chi connectivity index (χ2v) is 7.99. The predicted molar refractivity (Wildman–Crippen MR) is 94.3 cm³/mol. The van der Waals surface area contributed by atoms with Crippen molar-refractivity contribution in [2.24, 2.45) is 5.92 Å². The quantitative estimate of drug-likeness (QED) is 0.543. The molecule has 0 amide bonds. The van der Waals surface area contributed by atoms with Crippen LogP contribution < -0.4 is 4.90 Å². The summed E-state index contributed by atoms with van der Waals surface area (Å²) < 4.78 is 51.8. The maximum absolute atomic E-state index is 14.4. The first kappa shape index (κ1) is 19.5. The molecule has 0 atom stereocenters. The topological polar surface area (TPSA) is 23.6 Å². The van der Waals surface area contributed by atoms with Gasteiger partial charge in [-0.2, -0.15) is 13.2 Å². The van der Waals surface area contributed by atoms with Crippen LogP contribution in [-0.4, -0.2) is 55.3 Å². The van der Waals surface area contributed by atoms with Crippen LogP contribution in [0.3, 0.4) is 0 Å². The number of carbonyl (C=O) groups excluding carboxylic acids is 1. The molecule has 1 saturated carbocycles. The number of hydrogen-bond donors (Lipinski definition) is 0. The smallest absolute Gasteiger partial charge is 0.367 e. The molecule has 3 nitrogen and oxygen atoms in total. The van der Waals surface area contributed by atoms with Gasteiger partial charge in [0, 0.05) is 37.0 Å². The van der Waals surface area contributed by atoms with Crippen LogP contribution in [0.4, 0.5) is 23.2 Å². The standard InChI is InChI=1S/C18H22F4N2OS/c1-12-8-14(19)15(9-17(12)26-11-18(20,21)22)24-6-4-23(5-7-24)10-16(25)13-2-3-13/h8-9,13H,2-7,10-11H2,1H3. The Bertz CT molecular complexity index is 668. The van der Waals surface area contributed by atoms with Gasteiger partial charge in [0.05, 0.1) is 18.0 Å². The third-order valence-electron chi connectivity index (χ3n) is 4.76. The fourth-order valence-electron chi connectivity index (χ4n) is 3.10. The van der Waals surface area contributed by atoms with E-state index in [0.717, 1.165) is 12.8 Å². The van der Waals surface area contributed by atoms with Gasteiger partial charge in [-0.15, -0.1) is 11.8 Å². The first-order valence-corrected chi connectivity index (χ1v) is 9.71. The minimum Gasteiger partial charge on any atom is -0.367 e. The Morgan fingerprint density at radius 3 is 2.42 bits per heavy atom. The third kappa shape index (κ3) is 5.13. The van der Waals surface area contributed by atoms with Crippen LogP contribution in [0, 0.1) is 18.7 Å². The zero-order valence-electron chi connectivity index (χ0n) is 14.6. The van der Waals surface area contributed by atoms with Gasteiger partial charge in [-0.1, -0.05) is 0 Å². The minimum atomic E-state index is -4.26. The number of thioether (sulfide) groups is 1. The molecule has 0 bridgehead atoms. The van der Waals surface area contributed by atoms with E-state index in [4.69, 9.17) is 0 Å². The summed E-state index contributed by atoms with van der Waals surface area (Å²) in [5.41, 5.74) is 0.850. The lowest BCUT2D eigenvalue weighted by molar-refractivity contribution is -0.121. The van der Waals surface area contributed by atoms with E-state index in [-0.39, 0.29) is 11.7 Å². The summed E-state index contributed by atoms with van der Waals surface area (Å²) in [7, 11) is 0. The van der Waals surface area contributed by atoms with Crippen LogP contribution in [0.25, 0.3) is 0 Å². The number of carbonyl (C=O) groups is 1. The van der Waals surface area contributed by atoms with E-state index in [1.807, 2.05) is 4.90 Å². The summed E-state index contributed by atoms with van der Waals surface area (Å²) in [5, 5.41) is 0. The maximum Gasteiger partial charge on any atom is 0.398 e. The van der Waals surface area contributed by atoms with E-state index >= 15 is 0 Å². The predicted octanol–water partition coefficient (Wildman–Crippen LogP) is 3.89. The molecule has 0 radical (unpaired) electrons. The summed E-state index contributed by atoms with van der Waals surface area (Å²) >= 11 is 0.687. The molecule has 144 valence electrons. The fraction of sp³-hybridized carbons (Fsp3) is 0.611. The zero-order chi connectivity index (χ0) is 18.9. The number of hydrogen-bond acceptors (Lipinski definition) is 4. The fourth-order valence-corrected chi connectivity index (χ4v) is 3.90. The molecule has 1 aromatic carbocycles. The second kappa shape index (κ2) is 7.76. The average molecular weight is 390 g/mol. The van der Waals surface area contributed by atoms with Gasteiger partial charge >= 0.3 is 6.18 Å². The van der Waals surface area contributed by atoms with Crippen molar-refractivity contribution in [1.29, 1.82) is 0 Å². The Kier molecular flexibility index (Phi) is 5.81. The number of aryl methyl sites for hydroxylation is 1. The molecule has 1 heterocycles. The van der Waals surface area contributed by atoms with Crippen LogP contribution in [0.1, 0.15) is 18.4 Å². The maximum atomic E-state index is 14.4. The lowest BCUT2D eigenvalue weighted by Gasteiger charge is -2.36. The first-order chi connectivity index (χ1) is 12.2. The molecule has 8 heteroatoms. The molecule has 2 fully saturated rings. The van der Waals surface area contributed by atoms with Crippen molar-refractivity contribution in [3.63, 3.8) is 0 Å². The molecule has 2 aliphatic rings. The number of anilines is 1. The molecule has 1 aliphatic heterocycles. The first-order valence-electron chi connectivity index (χ1n) is 8.72. The number of piperazine rings is 1. The van der Waals surface area contributed by atoms with E-state index in [9.17, 15) is 22.4 Å². The van der Waals surface area contributed by atoms with Crippen LogP contribution in [0.15, 0.2) is 17.0 Å².